The number of aliphatic hydroxyl groups excluding tert-OH is 1. The third kappa shape index (κ3) is 4.08. The average molecular weight is 272 g/mol. The highest BCUT2D eigenvalue weighted by molar-refractivity contribution is 7.91. The van der Waals surface area contributed by atoms with E-state index < -0.39 is 21.2 Å². The lowest BCUT2D eigenvalue weighted by molar-refractivity contribution is 0.176. The van der Waals surface area contributed by atoms with Gasteiger partial charge in [-0.2, -0.15) is 0 Å². The van der Waals surface area contributed by atoms with Crippen molar-refractivity contribution in [2.24, 2.45) is 0 Å². The lowest BCUT2D eigenvalue weighted by atomic mass is 10.0. The first-order valence-corrected chi connectivity index (χ1v) is 7.76. The van der Waals surface area contributed by atoms with E-state index in [1.807, 2.05) is 12.1 Å². The van der Waals surface area contributed by atoms with Gasteiger partial charge in [0.05, 0.1) is 18.0 Å². The van der Waals surface area contributed by atoms with Crippen molar-refractivity contribution >= 4 is 9.84 Å². The molecule has 0 spiro atoms. The monoisotopic (exact) mass is 272 g/mol. The number of hydrogen-bond acceptors (Lipinski definition) is 4. The lowest BCUT2D eigenvalue weighted by Gasteiger charge is -2.17. The number of aliphatic hydroxyl groups is 1. The van der Waals surface area contributed by atoms with Crippen molar-refractivity contribution in [3.63, 3.8) is 0 Å². The summed E-state index contributed by atoms with van der Waals surface area (Å²) in [6.07, 6.45) is 0.944. The SMILES string of the molecule is COCCc1ccc(C(O)C(C)S(C)(=O)=O)cc1. The normalized spacial score (nSPS) is 15.3. The maximum atomic E-state index is 11.4. The summed E-state index contributed by atoms with van der Waals surface area (Å²) in [5, 5.41) is 9.18. The number of rotatable bonds is 6. The Morgan fingerprint density at radius 1 is 1.28 bits per heavy atom. The minimum absolute atomic E-state index is 0.620. The fraction of sp³-hybridized carbons (Fsp3) is 0.538. The van der Waals surface area contributed by atoms with E-state index in [1.165, 1.54) is 6.92 Å². The summed E-state index contributed by atoms with van der Waals surface area (Å²) >= 11 is 0. The molecule has 5 heteroatoms. The van der Waals surface area contributed by atoms with E-state index in [4.69, 9.17) is 4.74 Å². The minimum atomic E-state index is -3.24. The molecule has 1 rings (SSSR count). The first kappa shape index (κ1) is 15.1. The summed E-state index contributed by atoms with van der Waals surface area (Å²) < 4.78 is 27.7. The van der Waals surface area contributed by atoms with E-state index in [0.29, 0.717) is 12.2 Å². The van der Waals surface area contributed by atoms with Crippen LogP contribution in [0.15, 0.2) is 24.3 Å². The standard InChI is InChI=1S/C13H20O4S/c1-10(18(3,15)16)13(14)12-6-4-11(5-7-12)8-9-17-2/h4-7,10,13-14H,8-9H2,1-3H3. The molecule has 0 aliphatic heterocycles. The first-order chi connectivity index (χ1) is 8.36. The summed E-state index contributed by atoms with van der Waals surface area (Å²) in [6, 6.07) is 7.29. The quantitative estimate of drug-likeness (QED) is 0.849. The van der Waals surface area contributed by atoms with Gasteiger partial charge in [0.25, 0.3) is 0 Å². The fourth-order valence-corrected chi connectivity index (χ4v) is 2.23. The third-order valence-electron chi connectivity index (χ3n) is 3.04. The van der Waals surface area contributed by atoms with Crippen LogP contribution in [0.2, 0.25) is 0 Å². The van der Waals surface area contributed by atoms with Gasteiger partial charge >= 0.3 is 0 Å². The Bertz CT molecular complexity index is 464. The van der Waals surface area contributed by atoms with Gasteiger partial charge in [-0.05, 0) is 24.5 Å². The van der Waals surface area contributed by atoms with Gasteiger partial charge in [0, 0.05) is 13.4 Å². The van der Waals surface area contributed by atoms with E-state index in [0.717, 1.165) is 18.2 Å². The Hall–Kier alpha value is -0.910. The van der Waals surface area contributed by atoms with Crippen molar-refractivity contribution in [2.45, 2.75) is 24.7 Å². The Balaban J connectivity index is 2.79. The summed E-state index contributed by atoms with van der Waals surface area (Å²) in [6.45, 7) is 2.15. The Labute approximate surface area is 109 Å². The van der Waals surface area contributed by atoms with Gasteiger partial charge in [0.1, 0.15) is 0 Å². The molecule has 0 saturated heterocycles. The molecule has 0 radical (unpaired) electrons. The van der Waals surface area contributed by atoms with Crippen molar-refractivity contribution in [3.8, 4) is 0 Å². The highest BCUT2D eigenvalue weighted by Gasteiger charge is 2.25. The van der Waals surface area contributed by atoms with Gasteiger partial charge in [-0.25, -0.2) is 8.42 Å². The first-order valence-electron chi connectivity index (χ1n) is 5.81. The molecule has 0 aliphatic carbocycles. The van der Waals surface area contributed by atoms with Crippen LogP contribution >= 0.6 is 0 Å². The zero-order chi connectivity index (χ0) is 13.8. The second-order valence-electron chi connectivity index (χ2n) is 4.46. The molecule has 1 N–H and O–H groups in total. The molecule has 0 amide bonds. The minimum Gasteiger partial charge on any atom is -0.387 e. The van der Waals surface area contributed by atoms with Crippen LogP contribution in [0, 0.1) is 0 Å². The number of methoxy groups -OCH3 is 1. The maximum Gasteiger partial charge on any atom is 0.152 e. The summed E-state index contributed by atoms with van der Waals surface area (Å²) in [5.74, 6) is 0. The van der Waals surface area contributed by atoms with Crippen LogP contribution in [-0.4, -0.2) is 38.7 Å². The van der Waals surface area contributed by atoms with E-state index in [1.54, 1.807) is 19.2 Å². The van der Waals surface area contributed by atoms with Gasteiger partial charge in [-0.1, -0.05) is 24.3 Å². The average Bonchev–Trinajstić information content (AvgIpc) is 2.34. The molecule has 0 heterocycles. The van der Waals surface area contributed by atoms with Crippen LogP contribution in [0.25, 0.3) is 0 Å². The van der Waals surface area contributed by atoms with E-state index >= 15 is 0 Å². The van der Waals surface area contributed by atoms with Crippen molar-refractivity contribution in [2.75, 3.05) is 20.0 Å². The molecule has 0 aromatic heterocycles. The molecule has 1 aromatic rings. The molecule has 0 saturated carbocycles. The summed E-state index contributed by atoms with van der Waals surface area (Å²) in [5.41, 5.74) is 1.72. The van der Waals surface area contributed by atoms with Gasteiger partial charge in [-0.3, -0.25) is 0 Å². The molecule has 4 nitrogen and oxygen atoms in total. The molecule has 0 fully saturated rings. The van der Waals surface area contributed by atoms with Crippen molar-refractivity contribution < 1.29 is 18.3 Å². The highest BCUT2D eigenvalue weighted by atomic mass is 32.2. The van der Waals surface area contributed by atoms with Gasteiger partial charge in [0.15, 0.2) is 9.84 Å². The fourth-order valence-electron chi connectivity index (χ4n) is 1.61. The second-order valence-corrected chi connectivity index (χ2v) is 6.87. The predicted octanol–water partition coefficient (Wildman–Crippen LogP) is 1.34. The maximum absolute atomic E-state index is 11.4. The Kier molecular flexibility index (Phi) is 5.31. The van der Waals surface area contributed by atoms with E-state index in [9.17, 15) is 13.5 Å². The second kappa shape index (κ2) is 6.31. The van der Waals surface area contributed by atoms with E-state index in [-0.39, 0.29) is 0 Å². The van der Waals surface area contributed by atoms with Crippen LogP contribution in [0.1, 0.15) is 24.2 Å². The molecule has 2 unspecified atom stereocenters. The van der Waals surface area contributed by atoms with Gasteiger partial charge < -0.3 is 9.84 Å². The topological polar surface area (TPSA) is 63.6 Å². The van der Waals surface area contributed by atoms with Crippen LogP contribution in [0.4, 0.5) is 0 Å². The van der Waals surface area contributed by atoms with Gasteiger partial charge in [0.2, 0.25) is 0 Å². The summed E-state index contributed by atoms with van der Waals surface area (Å²) in [4.78, 5) is 0. The number of benzene rings is 1. The lowest BCUT2D eigenvalue weighted by Crippen LogP contribution is -2.24. The zero-order valence-corrected chi connectivity index (χ0v) is 11.8. The van der Waals surface area contributed by atoms with Gasteiger partial charge in [-0.15, -0.1) is 0 Å². The molecule has 18 heavy (non-hydrogen) atoms. The van der Waals surface area contributed by atoms with Crippen molar-refractivity contribution in [1.82, 2.24) is 0 Å². The zero-order valence-electron chi connectivity index (χ0n) is 11.0. The predicted molar refractivity (Wildman–Crippen MR) is 71.3 cm³/mol. The summed E-state index contributed by atoms with van der Waals surface area (Å²) in [7, 11) is -1.60. The Morgan fingerprint density at radius 2 is 1.83 bits per heavy atom. The van der Waals surface area contributed by atoms with Crippen LogP contribution in [0.5, 0.6) is 0 Å². The molecular formula is C13H20O4S. The van der Waals surface area contributed by atoms with Crippen LogP contribution in [0.3, 0.4) is 0 Å². The smallest absolute Gasteiger partial charge is 0.152 e. The highest BCUT2D eigenvalue weighted by Crippen LogP contribution is 2.21. The molecular weight excluding hydrogens is 252 g/mol. The molecule has 2 atom stereocenters. The number of hydrogen-bond donors (Lipinski definition) is 1. The molecule has 0 aliphatic rings. The molecule has 1 aromatic carbocycles. The molecule has 0 bridgehead atoms. The largest absolute Gasteiger partial charge is 0.387 e. The van der Waals surface area contributed by atoms with E-state index in [2.05, 4.69) is 0 Å². The van der Waals surface area contributed by atoms with Crippen LogP contribution in [-0.2, 0) is 21.0 Å². The number of ether oxygens (including phenoxy) is 1. The third-order valence-corrected chi connectivity index (χ3v) is 4.64. The Morgan fingerprint density at radius 3 is 2.28 bits per heavy atom. The molecule has 102 valence electrons. The number of sulfone groups is 1. The van der Waals surface area contributed by atoms with Crippen molar-refractivity contribution in [3.05, 3.63) is 35.4 Å². The van der Waals surface area contributed by atoms with Crippen molar-refractivity contribution in [1.29, 1.82) is 0 Å². The van der Waals surface area contributed by atoms with Crippen LogP contribution < -0.4 is 0 Å².